The van der Waals surface area contributed by atoms with Crippen LogP contribution in [0.4, 0.5) is 0 Å². The van der Waals surface area contributed by atoms with E-state index in [1.807, 2.05) is 6.07 Å². The number of aromatic nitrogens is 2. The highest BCUT2D eigenvalue weighted by Crippen LogP contribution is 2.02. The first kappa shape index (κ1) is 12.2. The Kier molecular flexibility index (Phi) is 5.02. The van der Waals surface area contributed by atoms with Crippen LogP contribution in [0.25, 0.3) is 0 Å². The van der Waals surface area contributed by atoms with Gasteiger partial charge in [-0.2, -0.15) is 10.4 Å². The third-order valence-electron chi connectivity index (χ3n) is 1.89. The Balaban J connectivity index is 2.61. The number of nitrogens with zero attached hydrogens (tertiary/aromatic N) is 3. The van der Waals surface area contributed by atoms with Crippen molar-refractivity contribution in [3.05, 3.63) is 22.6 Å². The molecule has 6 heteroatoms. The smallest absolute Gasteiger partial charge is 0.270 e. The molecule has 0 atom stereocenters. The molecule has 0 spiro atoms. The zero-order chi connectivity index (χ0) is 11.8. The number of rotatable bonds is 6. The van der Waals surface area contributed by atoms with Crippen LogP contribution in [0.5, 0.6) is 5.75 Å². The molecular weight excluding hydrogens is 208 g/mol. The minimum absolute atomic E-state index is 0.229. The van der Waals surface area contributed by atoms with E-state index in [4.69, 9.17) is 15.7 Å². The second-order valence-electron chi connectivity index (χ2n) is 3.15. The van der Waals surface area contributed by atoms with Gasteiger partial charge in [-0.05, 0) is 6.42 Å². The van der Waals surface area contributed by atoms with Crippen molar-refractivity contribution in [2.75, 3.05) is 13.2 Å². The van der Waals surface area contributed by atoms with Crippen molar-refractivity contribution in [3.63, 3.8) is 0 Å². The summed E-state index contributed by atoms with van der Waals surface area (Å²) in [4.78, 5) is 11.5. The van der Waals surface area contributed by atoms with Gasteiger partial charge in [0.1, 0.15) is 12.4 Å². The number of ether oxygens (including phenoxy) is 1. The van der Waals surface area contributed by atoms with Gasteiger partial charge in [0.25, 0.3) is 5.56 Å². The van der Waals surface area contributed by atoms with E-state index >= 15 is 0 Å². The topological polar surface area (TPSA) is 93.9 Å². The van der Waals surface area contributed by atoms with Gasteiger partial charge in [-0.3, -0.25) is 4.79 Å². The highest BCUT2D eigenvalue weighted by atomic mass is 16.5. The largest absolute Gasteiger partial charge is 0.490 e. The lowest BCUT2D eigenvalue weighted by Gasteiger charge is -2.05. The first-order valence-electron chi connectivity index (χ1n) is 5.05. The van der Waals surface area contributed by atoms with Crippen LogP contribution in [0, 0.1) is 11.3 Å². The lowest BCUT2D eigenvalue weighted by molar-refractivity contribution is 0.323. The van der Waals surface area contributed by atoms with Gasteiger partial charge in [-0.25, -0.2) is 4.68 Å². The molecule has 0 saturated carbocycles. The number of aryl methyl sites for hydroxylation is 1. The van der Waals surface area contributed by atoms with E-state index in [1.54, 1.807) is 0 Å². The number of hydrogen-bond donors (Lipinski definition) is 1. The lowest BCUT2D eigenvalue weighted by Crippen LogP contribution is -2.22. The van der Waals surface area contributed by atoms with E-state index in [0.717, 1.165) is 0 Å². The Bertz CT molecular complexity index is 422. The summed E-state index contributed by atoms with van der Waals surface area (Å²) in [6, 6.07) is 3.39. The summed E-state index contributed by atoms with van der Waals surface area (Å²) >= 11 is 0. The quantitative estimate of drug-likeness (QED) is 0.677. The highest BCUT2D eigenvalue weighted by Gasteiger charge is 2.00. The van der Waals surface area contributed by atoms with Crippen LogP contribution >= 0.6 is 0 Å². The second kappa shape index (κ2) is 6.58. The third kappa shape index (κ3) is 3.71. The van der Waals surface area contributed by atoms with E-state index in [0.29, 0.717) is 38.3 Å². The van der Waals surface area contributed by atoms with Gasteiger partial charge in [-0.15, -0.1) is 0 Å². The molecule has 0 amide bonds. The van der Waals surface area contributed by atoms with E-state index in [-0.39, 0.29) is 5.56 Å². The monoisotopic (exact) mass is 222 g/mol. The molecule has 0 unspecified atom stereocenters. The van der Waals surface area contributed by atoms with Crippen molar-refractivity contribution < 1.29 is 4.74 Å². The van der Waals surface area contributed by atoms with Gasteiger partial charge in [0.05, 0.1) is 12.3 Å². The standard InChI is InChI=1S/C10H14N4O2/c11-3-1-2-5-14-10(15)7-9(8-13-14)16-6-4-12/h7-8H,1-2,4-6,12H2. The fraction of sp³-hybridized carbons (Fsp3) is 0.500. The summed E-state index contributed by atoms with van der Waals surface area (Å²) in [6.07, 6.45) is 2.51. The van der Waals surface area contributed by atoms with Crippen molar-refractivity contribution >= 4 is 0 Å². The van der Waals surface area contributed by atoms with Crippen LogP contribution in [-0.4, -0.2) is 22.9 Å². The van der Waals surface area contributed by atoms with Crippen LogP contribution in [0.2, 0.25) is 0 Å². The molecule has 0 aliphatic heterocycles. The van der Waals surface area contributed by atoms with Crippen LogP contribution in [0.15, 0.2) is 17.1 Å². The Morgan fingerprint density at radius 2 is 2.44 bits per heavy atom. The van der Waals surface area contributed by atoms with Crippen molar-refractivity contribution in [3.8, 4) is 11.8 Å². The maximum atomic E-state index is 11.5. The van der Waals surface area contributed by atoms with Gasteiger partial charge < -0.3 is 10.5 Å². The molecule has 0 radical (unpaired) electrons. The lowest BCUT2D eigenvalue weighted by atomic mass is 10.3. The Morgan fingerprint density at radius 3 is 3.06 bits per heavy atom. The maximum Gasteiger partial charge on any atom is 0.270 e. The molecule has 86 valence electrons. The van der Waals surface area contributed by atoms with Gasteiger partial charge in [0.15, 0.2) is 0 Å². The summed E-state index contributed by atoms with van der Waals surface area (Å²) in [5.41, 5.74) is 5.04. The average molecular weight is 222 g/mol. The minimum atomic E-state index is -0.229. The van der Waals surface area contributed by atoms with Crippen molar-refractivity contribution in [1.29, 1.82) is 5.26 Å². The van der Waals surface area contributed by atoms with Gasteiger partial charge in [0, 0.05) is 25.6 Å². The summed E-state index contributed by atoms with van der Waals surface area (Å²) in [5.74, 6) is 0.423. The molecule has 1 aromatic heterocycles. The van der Waals surface area contributed by atoms with Crippen LogP contribution in [-0.2, 0) is 6.54 Å². The number of nitriles is 1. The number of unbranched alkanes of at least 4 members (excludes halogenated alkanes) is 1. The molecule has 6 nitrogen and oxygen atoms in total. The predicted octanol–water partition coefficient (Wildman–Crippen LogP) is -0.115. The van der Waals surface area contributed by atoms with E-state index in [2.05, 4.69) is 5.10 Å². The van der Waals surface area contributed by atoms with E-state index in [9.17, 15) is 4.79 Å². The van der Waals surface area contributed by atoms with E-state index in [1.165, 1.54) is 16.9 Å². The Hall–Kier alpha value is -1.87. The maximum absolute atomic E-state index is 11.5. The molecular formula is C10H14N4O2. The zero-order valence-electron chi connectivity index (χ0n) is 8.93. The van der Waals surface area contributed by atoms with Gasteiger partial charge in [-0.1, -0.05) is 0 Å². The second-order valence-corrected chi connectivity index (χ2v) is 3.15. The fourth-order valence-corrected chi connectivity index (χ4v) is 1.15. The Morgan fingerprint density at radius 1 is 1.62 bits per heavy atom. The molecule has 2 N–H and O–H groups in total. The van der Waals surface area contributed by atoms with Crippen molar-refractivity contribution in [2.45, 2.75) is 19.4 Å². The summed E-state index contributed by atoms with van der Waals surface area (Å²) in [5, 5.41) is 12.3. The molecule has 0 saturated heterocycles. The molecule has 0 fully saturated rings. The molecule has 0 aliphatic carbocycles. The molecule has 0 bridgehead atoms. The average Bonchev–Trinajstić information content (AvgIpc) is 2.29. The molecule has 0 aromatic carbocycles. The van der Waals surface area contributed by atoms with Gasteiger partial charge in [0.2, 0.25) is 0 Å². The summed E-state index contributed by atoms with van der Waals surface area (Å²) in [7, 11) is 0. The Labute approximate surface area is 93.2 Å². The van der Waals surface area contributed by atoms with E-state index < -0.39 is 0 Å². The van der Waals surface area contributed by atoms with Crippen molar-refractivity contribution in [2.24, 2.45) is 5.73 Å². The predicted molar refractivity (Wildman–Crippen MR) is 57.9 cm³/mol. The molecule has 16 heavy (non-hydrogen) atoms. The van der Waals surface area contributed by atoms with Crippen LogP contribution in [0.3, 0.4) is 0 Å². The van der Waals surface area contributed by atoms with Crippen molar-refractivity contribution in [1.82, 2.24) is 9.78 Å². The summed E-state index contributed by atoms with van der Waals surface area (Å²) in [6.45, 7) is 1.20. The summed E-state index contributed by atoms with van der Waals surface area (Å²) < 4.78 is 6.48. The normalized spacial score (nSPS) is 9.75. The number of nitrogens with two attached hydrogens (primary N) is 1. The van der Waals surface area contributed by atoms with Crippen LogP contribution in [0.1, 0.15) is 12.8 Å². The highest BCUT2D eigenvalue weighted by molar-refractivity contribution is 5.13. The zero-order valence-corrected chi connectivity index (χ0v) is 8.93. The molecule has 1 aromatic rings. The fourth-order valence-electron chi connectivity index (χ4n) is 1.15. The third-order valence-corrected chi connectivity index (χ3v) is 1.89. The molecule has 1 rings (SSSR count). The molecule has 1 heterocycles. The number of hydrogen-bond acceptors (Lipinski definition) is 5. The first-order valence-corrected chi connectivity index (χ1v) is 5.05. The molecule has 0 aliphatic rings. The SMILES string of the molecule is N#CCCCn1ncc(OCCN)cc1=O. The van der Waals surface area contributed by atoms with Crippen LogP contribution < -0.4 is 16.0 Å². The first-order chi connectivity index (χ1) is 7.77. The minimum Gasteiger partial charge on any atom is -0.490 e. The van der Waals surface area contributed by atoms with Gasteiger partial charge >= 0.3 is 0 Å².